The maximum Gasteiger partial charge on any atom is 0.254 e. The summed E-state index contributed by atoms with van der Waals surface area (Å²) in [5, 5.41) is 0. The number of aryl methyl sites for hydroxylation is 1. The van der Waals surface area contributed by atoms with Crippen molar-refractivity contribution in [3.8, 4) is 17.0 Å². The number of amides is 1. The Morgan fingerprint density at radius 1 is 1.26 bits per heavy atom. The summed E-state index contributed by atoms with van der Waals surface area (Å²) >= 11 is 0. The van der Waals surface area contributed by atoms with Crippen molar-refractivity contribution in [3.05, 3.63) is 41.6 Å². The molecule has 5 nitrogen and oxygen atoms in total. The zero-order valence-corrected chi connectivity index (χ0v) is 13.8. The minimum absolute atomic E-state index is 0.157. The quantitative estimate of drug-likeness (QED) is 0.850. The van der Waals surface area contributed by atoms with Crippen molar-refractivity contribution in [2.45, 2.75) is 20.8 Å². The molecule has 0 unspecified atom stereocenters. The zero-order chi connectivity index (χ0) is 17.0. The number of benzene rings is 1. The molecule has 0 atom stereocenters. The fourth-order valence-electron chi connectivity index (χ4n) is 2.51. The van der Waals surface area contributed by atoms with Crippen molar-refractivity contribution in [1.82, 2.24) is 14.9 Å². The predicted octanol–water partition coefficient (Wildman–Crippen LogP) is 3.08. The topological polar surface area (TPSA) is 55.3 Å². The minimum Gasteiger partial charge on any atom is -0.480 e. The van der Waals surface area contributed by atoms with E-state index in [1.165, 1.54) is 31.6 Å². The van der Waals surface area contributed by atoms with E-state index in [4.69, 9.17) is 4.74 Å². The molecule has 1 aromatic heterocycles. The van der Waals surface area contributed by atoms with Crippen LogP contribution < -0.4 is 4.74 Å². The highest BCUT2D eigenvalue weighted by Gasteiger charge is 2.22. The van der Waals surface area contributed by atoms with Crippen LogP contribution in [0.15, 0.2) is 24.5 Å². The molecule has 1 heterocycles. The predicted molar refractivity (Wildman–Crippen MR) is 86.0 cm³/mol. The highest BCUT2D eigenvalue weighted by molar-refractivity contribution is 6.01. The van der Waals surface area contributed by atoms with E-state index < -0.39 is 5.82 Å². The molecule has 0 N–H and O–H groups in total. The van der Waals surface area contributed by atoms with E-state index in [1.807, 2.05) is 13.8 Å². The second kappa shape index (κ2) is 7.17. The van der Waals surface area contributed by atoms with Crippen LogP contribution in [0.2, 0.25) is 0 Å². The fraction of sp³-hybridized carbons (Fsp3) is 0.353. The molecule has 6 heteroatoms. The van der Waals surface area contributed by atoms with E-state index in [2.05, 4.69) is 9.97 Å². The van der Waals surface area contributed by atoms with Gasteiger partial charge < -0.3 is 9.64 Å². The SMILES string of the molecule is CCN(CC)C(=O)c1ccc(F)cc1-c1c(C)ncnc1OC. The molecule has 1 amide bonds. The number of carbonyl (C=O) groups is 1. The Labute approximate surface area is 135 Å². The normalized spacial score (nSPS) is 10.5. The molecular weight excluding hydrogens is 297 g/mol. The van der Waals surface area contributed by atoms with Crippen LogP contribution in [0.4, 0.5) is 4.39 Å². The van der Waals surface area contributed by atoms with Gasteiger partial charge >= 0.3 is 0 Å². The second-order valence-electron chi connectivity index (χ2n) is 5.01. The van der Waals surface area contributed by atoms with Gasteiger partial charge in [-0.1, -0.05) is 0 Å². The van der Waals surface area contributed by atoms with Gasteiger partial charge in [-0.25, -0.2) is 14.4 Å². The standard InChI is InChI=1S/C17H20FN3O2/c1-5-21(6-2)17(22)13-8-7-12(18)9-14(13)15-11(3)19-10-20-16(15)23-4/h7-10H,5-6H2,1-4H3. The molecule has 2 aromatic rings. The Bertz CT molecular complexity index is 715. The lowest BCUT2D eigenvalue weighted by atomic mass is 9.98. The van der Waals surface area contributed by atoms with Gasteiger partial charge in [0.25, 0.3) is 5.91 Å². The number of nitrogens with zero attached hydrogens (tertiary/aromatic N) is 3. The minimum atomic E-state index is -0.429. The lowest BCUT2D eigenvalue weighted by molar-refractivity contribution is 0.0773. The van der Waals surface area contributed by atoms with Gasteiger partial charge in [0.2, 0.25) is 5.88 Å². The van der Waals surface area contributed by atoms with E-state index in [0.717, 1.165) is 0 Å². The molecule has 0 saturated carbocycles. The molecule has 23 heavy (non-hydrogen) atoms. The van der Waals surface area contributed by atoms with Crippen molar-refractivity contribution in [1.29, 1.82) is 0 Å². The number of hydrogen-bond acceptors (Lipinski definition) is 4. The highest BCUT2D eigenvalue weighted by atomic mass is 19.1. The van der Waals surface area contributed by atoms with Crippen molar-refractivity contribution in [3.63, 3.8) is 0 Å². The maximum absolute atomic E-state index is 13.8. The number of halogens is 1. The van der Waals surface area contributed by atoms with Crippen LogP contribution in [-0.2, 0) is 0 Å². The number of hydrogen-bond donors (Lipinski definition) is 0. The zero-order valence-electron chi connectivity index (χ0n) is 13.8. The lowest BCUT2D eigenvalue weighted by Gasteiger charge is -2.21. The molecule has 0 aliphatic carbocycles. The van der Waals surface area contributed by atoms with Gasteiger partial charge in [-0.3, -0.25) is 4.79 Å². The van der Waals surface area contributed by atoms with Crippen molar-refractivity contribution in [2.24, 2.45) is 0 Å². The number of rotatable bonds is 5. The summed E-state index contributed by atoms with van der Waals surface area (Å²) in [6.45, 7) is 6.74. The van der Waals surface area contributed by atoms with Crippen LogP contribution >= 0.6 is 0 Å². The second-order valence-corrected chi connectivity index (χ2v) is 5.01. The van der Waals surface area contributed by atoms with Crippen LogP contribution in [0.3, 0.4) is 0 Å². The molecule has 0 spiro atoms. The van der Waals surface area contributed by atoms with Gasteiger partial charge in [-0.05, 0) is 39.0 Å². The van der Waals surface area contributed by atoms with Crippen LogP contribution in [0.5, 0.6) is 5.88 Å². The van der Waals surface area contributed by atoms with E-state index >= 15 is 0 Å². The van der Waals surface area contributed by atoms with E-state index in [9.17, 15) is 9.18 Å². The average Bonchev–Trinajstić information content (AvgIpc) is 2.55. The Balaban J connectivity index is 2.68. The van der Waals surface area contributed by atoms with Crippen molar-refractivity contribution >= 4 is 5.91 Å². The van der Waals surface area contributed by atoms with Gasteiger partial charge in [-0.2, -0.15) is 0 Å². The molecule has 0 saturated heterocycles. The first-order valence-corrected chi connectivity index (χ1v) is 7.48. The largest absolute Gasteiger partial charge is 0.480 e. The van der Waals surface area contributed by atoms with E-state index in [-0.39, 0.29) is 5.91 Å². The maximum atomic E-state index is 13.8. The number of aromatic nitrogens is 2. The summed E-state index contributed by atoms with van der Waals surface area (Å²) in [5.74, 6) is -0.270. The summed E-state index contributed by atoms with van der Waals surface area (Å²) in [4.78, 5) is 22.6. The lowest BCUT2D eigenvalue weighted by Crippen LogP contribution is -2.31. The molecule has 122 valence electrons. The summed E-state index contributed by atoms with van der Waals surface area (Å²) in [6, 6.07) is 4.11. The van der Waals surface area contributed by atoms with Crippen molar-refractivity contribution < 1.29 is 13.9 Å². The third kappa shape index (κ3) is 3.31. The smallest absolute Gasteiger partial charge is 0.254 e. The number of carbonyl (C=O) groups excluding carboxylic acids is 1. The molecule has 0 aliphatic rings. The Kier molecular flexibility index (Phi) is 5.26. The van der Waals surface area contributed by atoms with Crippen LogP contribution in [0.1, 0.15) is 29.9 Å². The van der Waals surface area contributed by atoms with Crippen molar-refractivity contribution in [2.75, 3.05) is 20.2 Å². The third-order valence-corrected chi connectivity index (χ3v) is 3.73. The summed E-state index contributed by atoms with van der Waals surface area (Å²) in [7, 11) is 1.48. The average molecular weight is 317 g/mol. The molecule has 0 fully saturated rings. The summed E-state index contributed by atoms with van der Waals surface area (Å²) < 4.78 is 19.1. The summed E-state index contributed by atoms with van der Waals surface area (Å²) in [5.41, 5.74) is 2.00. The molecule has 0 aliphatic heterocycles. The Morgan fingerprint density at radius 2 is 1.96 bits per heavy atom. The van der Waals surface area contributed by atoms with Gasteiger partial charge in [0, 0.05) is 24.2 Å². The first kappa shape index (κ1) is 16.9. The van der Waals surface area contributed by atoms with Crippen LogP contribution in [0, 0.1) is 12.7 Å². The summed E-state index contributed by atoms with van der Waals surface area (Å²) in [6.07, 6.45) is 1.38. The Morgan fingerprint density at radius 3 is 2.57 bits per heavy atom. The highest BCUT2D eigenvalue weighted by Crippen LogP contribution is 2.33. The molecule has 0 radical (unpaired) electrons. The van der Waals surface area contributed by atoms with Gasteiger partial charge in [0.15, 0.2) is 0 Å². The number of methoxy groups -OCH3 is 1. The fourth-order valence-corrected chi connectivity index (χ4v) is 2.51. The van der Waals surface area contributed by atoms with Crippen LogP contribution in [0.25, 0.3) is 11.1 Å². The Hall–Kier alpha value is -2.50. The first-order valence-electron chi connectivity index (χ1n) is 7.48. The van der Waals surface area contributed by atoms with Gasteiger partial charge in [0.05, 0.1) is 18.4 Å². The number of ether oxygens (including phenoxy) is 1. The molecule has 1 aromatic carbocycles. The third-order valence-electron chi connectivity index (χ3n) is 3.73. The van der Waals surface area contributed by atoms with E-state index in [1.54, 1.807) is 11.8 Å². The molecule has 0 bridgehead atoms. The van der Waals surface area contributed by atoms with Crippen LogP contribution in [-0.4, -0.2) is 41.0 Å². The molecular formula is C17H20FN3O2. The van der Waals surface area contributed by atoms with Gasteiger partial charge in [-0.15, -0.1) is 0 Å². The van der Waals surface area contributed by atoms with Gasteiger partial charge in [0.1, 0.15) is 12.1 Å². The van der Waals surface area contributed by atoms with E-state index in [0.29, 0.717) is 41.4 Å². The molecule has 2 rings (SSSR count). The first-order chi connectivity index (χ1) is 11.0. The monoisotopic (exact) mass is 317 g/mol.